The number of hydrogen-bond donors (Lipinski definition) is 2. The van der Waals surface area contributed by atoms with Crippen molar-refractivity contribution in [3.05, 3.63) is 40.3 Å². The van der Waals surface area contributed by atoms with Crippen LogP contribution in [0.2, 0.25) is 0 Å². The van der Waals surface area contributed by atoms with Crippen LogP contribution < -0.4 is 4.74 Å². The van der Waals surface area contributed by atoms with Gasteiger partial charge in [-0.2, -0.15) is 0 Å². The number of azide groups is 1. The number of hydrogen-bond acceptors (Lipinski definition) is 4. The van der Waals surface area contributed by atoms with Crippen LogP contribution in [0.1, 0.15) is 11.7 Å². The van der Waals surface area contributed by atoms with Crippen LogP contribution in [0.25, 0.3) is 10.4 Å². The fourth-order valence-corrected chi connectivity index (χ4v) is 1.29. The van der Waals surface area contributed by atoms with E-state index in [2.05, 4.69) is 10.0 Å². The zero-order chi connectivity index (χ0) is 12.8. The van der Waals surface area contributed by atoms with Gasteiger partial charge >= 0.3 is 5.97 Å². The number of ether oxygens (including phenoxy) is 1. The van der Waals surface area contributed by atoms with Crippen molar-refractivity contribution in [3.63, 3.8) is 0 Å². The van der Waals surface area contributed by atoms with E-state index in [0.717, 1.165) is 0 Å². The molecule has 0 bridgehead atoms. The second-order valence-corrected chi connectivity index (χ2v) is 3.21. The molecular formula is C10H11N3O4. The van der Waals surface area contributed by atoms with E-state index in [1.165, 1.54) is 19.2 Å². The van der Waals surface area contributed by atoms with Gasteiger partial charge < -0.3 is 14.9 Å². The average molecular weight is 237 g/mol. The van der Waals surface area contributed by atoms with Gasteiger partial charge in [0.2, 0.25) is 0 Å². The van der Waals surface area contributed by atoms with E-state index >= 15 is 0 Å². The molecular weight excluding hydrogens is 226 g/mol. The Kier molecular flexibility index (Phi) is 4.33. The minimum absolute atomic E-state index is 0.339. The van der Waals surface area contributed by atoms with E-state index in [0.29, 0.717) is 11.3 Å². The number of carbonyl (C=O) groups is 1. The number of carboxylic acids is 1. The lowest BCUT2D eigenvalue weighted by atomic mass is 10.0. The maximum absolute atomic E-state index is 10.8. The van der Waals surface area contributed by atoms with Crippen LogP contribution in [0, 0.1) is 0 Å². The Balaban J connectivity index is 2.96. The Morgan fingerprint density at radius 3 is 2.47 bits per heavy atom. The molecule has 0 saturated carbocycles. The summed E-state index contributed by atoms with van der Waals surface area (Å²) >= 11 is 0. The first-order valence-corrected chi connectivity index (χ1v) is 4.69. The molecule has 0 saturated heterocycles. The van der Waals surface area contributed by atoms with Gasteiger partial charge in [0.1, 0.15) is 5.75 Å². The lowest BCUT2D eigenvalue weighted by molar-refractivity contribution is -0.141. The third-order valence-electron chi connectivity index (χ3n) is 2.19. The van der Waals surface area contributed by atoms with E-state index in [9.17, 15) is 9.90 Å². The van der Waals surface area contributed by atoms with Gasteiger partial charge in [0.15, 0.2) is 6.04 Å². The minimum Gasteiger partial charge on any atom is -0.497 e. The fourth-order valence-electron chi connectivity index (χ4n) is 1.29. The molecule has 17 heavy (non-hydrogen) atoms. The summed E-state index contributed by atoms with van der Waals surface area (Å²) in [5.41, 5.74) is 8.57. The Morgan fingerprint density at radius 2 is 2.06 bits per heavy atom. The van der Waals surface area contributed by atoms with Gasteiger partial charge in [0, 0.05) is 4.91 Å². The molecule has 1 aromatic rings. The Hall–Kier alpha value is -2.24. The molecule has 1 rings (SSSR count). The molecule has 2 atom stereocenters. The molecule has 1 aromatic carbocycles. The van der Waals surface area contributed by atoms with Crippen molar-refractivity contribution in [1.82, 2.24) is 0 Å². The fraction of sp³-hybridized carbons (Fsp3) is 0.300. The summed E-state index contributed by atoms with van der Waals surface area (Å²) in [5, 5.41) is 21.6. The molecule has 0 aliphatic rings. The maximum atomic E-state index is 10.8. The third kappa shape index (κ3) is 3.10. The summed E-state index contributed by atoms with van der Waals surface area (Å²) in [7, 11) is 1.49. The zero-order valence-electron chi connectivity index (χ0n) is 9.02. The van der Waals surface area contributed by atoms with E-state index in [1.54, 1.807) is 12.1 Å². The summed E-state index contributed by atoms with van der Waals surface area (Å²) < 4.78 is 4.92. The van der Waals surface area contributed by atoms with Gasteiger partial charge in [-0.15, -0.1) is 0 Å². The Morgan fingerprint density at radius 1 is 1.47 bits per heavy atom. The minimum atomic E-state index is -1.55. The van der Waals surface area contributed by atoms with Crippen LogP contribution in [0.3, 0.4) is 0 Å². The lowest BCUT2D eigenvalue weighted by Crippen LogP contribution is -2.25. The largest absolute Gasteiger partial charge is 0.497 e. The molecule has 90 valence electrons. The normalized spacial score (nSPS) is 13.3. The molecule has 0 amide bonds. The van der Waals surface area contributed by atoms with Crippen LogP contribution in [0.4, 0.5) is 0 Å². The number of rotatable bonds is 5. The smallest absolute Gasteiger partial charge is 0.315 e. The number of carboxylic acid groups (broad SMARTS) is 1. The highest BCUT2D eigenvalue weighted by Crippen LogP contribution is 2.22. The molecule has 0 unspecified atom stereocenters. The van der Waals surface area contributed by atoms with Gasteiger partial charge in [-0.3, -0.25) is 4.79 Å². The molecule has 7 heteroatoms. The molecule has 0 aliphatic carbocycles. The van der Waals surface area contributed by atoms with Crippen molar-refractivity contribution < 1.29 is 19.7 Å². The molecule has 0 radical (unpaired) electrons. The van der Waals surface area contributed by atoms with Gasteiger partial charge in [0.05, 0.1) is 13.2 Å². The summed E-state index contributed by atoms with van der Waals surface area (Å²) in [4.78, 5) is 13.2. The van der Waals surface area contributed by atoms with Crippen LogP contribution in [-0.2, 0) is 4.79 Å². The van der Waals surface area contributed by atoms with E-state index in [4.69, 9.17) is 15.4 Å². The highest BCUT2D eigenvalue weighted by molar-refractivity contribution is 5.74. The quantitative estimate of drug-likeness (QED) is 0.458. The van der Waals surface area contributed by atoms with Gasteiger partial charge in [-0.05, 0) is 23.2 Å². The monoisotopic (exact) mass is 237 g/mol. The number of benzene rings is 1. The third-order valence-corrected chi connectivity index (χ3v) is 2.19. The molecule has 0 aliphatic heterocycles. The van der Waals surface area contributed by atoms with Crippen LogP contribution in [0.5, 0.6) is 5.75 Å². The first-order valence-electron chi connectivity index (χ1n) is 4.69. The van der Waals surface area contributed by atoms with Crippen LogP contribution in [-0.4, -0.2) is 29.3 Å². The number of nitrogens with zero attached hydrogens (tertiary/aromatic N) is 3. The Bertz CT molecular complexity index is 437. The predicted octanol–water partition coefficient (Wildman–Crippen LogP) is 1.49. The van der Waals surface area contributed by atoms with Crippen LogP contribution in [0.15, 0.2) is 29.4 Å². The number of methoxy groups -OCH3 is 1. The first-order chi connectivity index (χ1) is 8.10. The zero-order valence-corrected chi connectivity index (χ0v) is 9.02. The molecule has 0 fully saturated rings. The average Bonchev–Trinajstić information content (AvgIpc) is 2.35. The Labute approximate surface area is 96.9 Å². The van der Waals surface area contributed by atoms with Crippen molar-refractivity contribution in [2.45, 2.75) is 12.1 Å². The second-order valence-electron chi connectivity index (χ2n) is 3.21. The molecule has 0 heterocycles. The SMILES string of the molecule is COc1ccc([C@@H](O)[C@@H](N=[N+]=[N-])C(=O)O)cc1. The molecule has 0 aromatic heterocycles. The molecule has 7 nitrogen and oxygen atoms in total. The van der Waals surface area contributed by atoms with Crippen molar-refractivity contribution in [2.24, 2.45) is 5.11 Å². The summed E-state index contributed by atoms with van der Waals surface area (Å²) in [6.07, 6.45) is -1.39. The molecule has 2 N–H and O–H groups in total. The second kappa shape index (κ2) is 5.74. The van der Waals surface area contributed by atoms with Crippen molar-refractivity contribution in [3.8, 4) is 5.75 Å². The summed E-state index contributed by atoms with van der Waals surface area (Å²) in [6, 6.07) is 4.62. The van der Waals surface area contributed by atoms with Gasteiger partial charge in [0.25, 0.3) is 0 Å². The summed E-state index contributed by atoms with van der Waals surface area (Å²) in [5.74, 6) is -0.803. The number of aliphatic hydroxyl groups excluding tert-OH is 1. The highest BCUT2D eigenvalue weighted by atomic mass is 16.5. The topological polar surface area (TPSA) is 116 Å². The number of aliphatic hydroxyl groups is 1. The van der Waals surface area contributed by atoms with Gasteiger partial charge in [-0.25, -0.2) is 0 Å². The summed E-state index contributed by atoms with van der Waals surface area (Å²) in [6.45, 7) is 0. The molecule has 0 spiro atoms. The number of aliphatic carboxylic acids is 1. The van der Waals surface area contributed by atoms with Crippen molar-refractivity contribution >= 4 is 5.97 Å². The standard InChI is InChI=1S/C10H11N3O4/c1-17-7-4-2-6(3-5-7)9(14)8(10(15)16)12-13-11/h2-5,8-9,14H,1H3,(H,15,16)/t8-,9-/m1/s1. The van der Waals surface area contributed by atoms with Crippen molar-refractivity contribution in [1.29, 1.82) is 0 Å². The first kappa shape index (κ1) is 12.8. The van der Waals surface area contributed by atoms with Crippen LogP contribution >= 0.6 is 0 Å². The maximum Gasteiger partial charge on any atom is 0.315 e. The van der Waals surface area contributed by atoms with E-state index < -0.39 is 18.1 Å². The predicted molar refractivity (Wildman–Crippen MR) is 58.5 cm³/mol. The van der Waals surface area contributed by atoms with E-state index in [1.807, 2.05) is 0 Å². The van der Waals surface area contributed by atoms with Crippen molar-refractivity contribution in [2.75, 3.05) is 7.11 Å². The van der Waals surface area contributed by atoms with Gasteiger partial charge in [-0.1, -0.05) is 17.2 Å². The highest BCUT2D eigenvalue weighted by Gasteiger charge is 2.26. The lowest BCUT2D eigenvalue weighted by Gasteiger charge is -2.15. The van der Waals surface area contributed by atoms with E-state index in [-0.39, 0.29) is 0 Å².